The molecule has 0 aromatic carbocycles. The van der Waals surface area contributed by atoms with Gasteiger partial charge in [0.25, 0.3) is 0 Å². The van der Waals surface area contributed by atoms with Gasteiger partial charge in [0.1, 0.15) is 0 Å². The predicted octanol–water partition coefficient (Wildman–Crippen LogP) is 2.80. The van der Waals surface area contributed by atoms with E-state index in [1.807, 2.05) is 29.8 Å². The van der Waals surface area contributed by atoms with E-state index in [0.29, 0.717) is 0 Å². The van der Waals surface area contributed by atoms with E-state index in [4.69, 9.17) is 4.74 Å². The van der Waals surface area contributed by atoms with Crippen LogP contribution in [0.5, 0.6) is 0 Å². The number of ether oxygens (including phenoxy) is 1. The number of hydrogen-bond acceptors (Lipinski definition) is 6. The summed E-state index contributed by atoms with van der Waals surface area (Å²) in [4.78, 5) is 15.1. The maximum atomic E-state index is 6.31. The molecule has 6 heteroatoms. The molecule has 0 N–H and O–H groups in total. The van der Waals surface area contributed by atoms with Crippen molar-refractivity contribution in [2.24, 2.45) is 0 Å². The zero-order chi connectivity index (χ0) is 16.2. The normalized spacial score (nSPS) is 25.8. The summed E-state index contributed by atoms with van der Waals surface area (Å²) in [5.41, 5.74) is -0.000952. The number of rotatable bonds is 3. The first-order chi connectivity index (χ1) is 11.8. The minimum Gasteiger partial charge on any atom is -0.372 e. The lowest BCUT2D eigenvalue weighted by Gasteiger charge is -2.42. The Morgan fingerprint density at radius 2 is 2.04 bits per heavy atom. The second kappa shape index (κ2) is 7.17. The van der Waals surface area contributed by atoms with E-state index in [1.54, 1.807) is 0 Å². The molecule has 2 fully saturated rings. The van der Waals surface area contributed by atoms with Gasteiger partial charge in [-0.2, -0.15) is 0 Å². The van der Waals surface area contributed by atoms with Crippen LogP contribution in [0.1, 0.15) is 24.1 Å². The molecule has 4 heterocycles. The molecule has 2 aliphatic rings. The Balaban J connectivity index is 1.41. The highest BCUT2D eigenvalue weighted by atomic mass is 32.1. The second-order valence-corrected chi connectivity index (χ2v) is 7.74. The van der Waals surface area contributed by atoms with Gasteiger partial charge in [0, 0.05) is 50.0 Å². The van der Waals surface area contributed by atoms with Gasteiger partial charge in [-0.05, 0) is 36.8 Å². The number of anilines is 1. The Labute approximate surface area is 147 Å². The number of aromatic nitrogens is 2. The number of morpholine rings is 1. The summed E-state index contributed by atoms with van der Waals surface area (Å²) in [6, 6.07) is 6.24. The van der Waals surface area contributed by atoms with Crippen molar-refractivity contribution in [3.05, 3.63) is 40.8 Å². The molecule has 1 unspecified atom stereocenters. The zero-order valence-electron chi connectivity index (χ0n) is 13.9. The zero-order valence-corrected chi connectivity index (χ0v) is 14.7. The highest BCUT2D eigenvalue weighted by Gasteiger charge is 2.38. The average Bonchev–Trinajstić information content (AvgIpc) is 3.04. The van der Waals surface area contributed by atoms with Crippen LogP contribution in [0, 0.1) is 0 Å². The van der Waals surface area contributed by atoms with Crippen LogP contribution in [-0.4, -0.2) is 53.3 Å². The molecule has 0 saturated carbocycles. The molecule has 128 valence electrons. The topological polar surface area (TPSA) is 41.5 Å². The van der Waals surface area contributed by atoms with Gasteiger partial charge in [-0.3, -0.25) is 4.90 Å². The number of thiophene rings is 1. The molecule has 24 heavy (non-hydrogen) atoms. The third-order valence-corrected chi connectivity index (χ3v) is 5.88. The maximum Gasteiger partial charge on any atom is 0.225 e. The van der Waals surface area contributed by atoms with Crippen molar-refractivity contribution in [1.82, 2.24) is 14.9 Å². The van der Waals surface area contributed by atoms with Crippen molar-refractivity contribution >= 4 is 17.3 Å². The minimum absolute atomic E-state index is 0.000952. The van der Waals surface area contributed by atoms with Crippen molar-refractivity contribution in [1.29, 1.82) is 0 Å². The Morgan fingerprint density at radius 1 is 1.12 bits per heavy atom. The van der Waals surface area contributed by atoms with Crippen molar-refractivity contribution in [3.8, 4) is 0 Å². The van der Waals surface area contributed by atoms with Gasteiger partial charge in [0.15, 0.2) is 0 Å². The summed E-state index contributed by atoms with van der Waals surface area (Å²) in [6.45, 7) is 5.94. The van der Waals surface area contributed by atoms with Crippen LogP contribution >= 0.6 is 11.3 Å². The molecule has 2 aromatic rings. The van der Waals surface area contributed by atoms with E-state index in [-0.39, 0.29) is 5.60 Å². The fourth-order valence-electron chi connectivity index (χ4n) is 3.81. The number of nitrogens with zero attached hydrogens (tertiary/aromatic N) is 4. The van der Waals surface area contributed by atoms with Crippen LogP contribution in [0.4, 0.5) is 5.95 Å². The lowest BCUT2D eigenvalue weighted by Crippen LogP contribution is -2.51. The summed E-state index contributed by atoms with van der Waals surface area (Å²) in [6.07, 6.45) is 6.94. The summed E-state index contributed by atoms with van der Waals surface area (Å²) >= 11 is 1.85. The van der Waals surface area contributed by atoms with Crippen molar-refractivity contribution < 1.29 is 4.74 Å². The van der Waals surface area contributed by atoms with Crippen LogP contribution in [-0.2, 0) is 11.3 Å². The summed E-state index contributed by atoms with van der Waals surface area (Å²) < 4.78 is 6.31. The smallest absolute Gasteiger partial charge is 0.225 e. The van der Waals surface area contributed by atoms with E-state index in [0.717, 1.165) is 64.5 Å². The molecule has 1 atom stereocenters. The minimum atomic E-state index is -0.000952. The van der Waals surface area contributed by atoms with Crippen LogP contribution in [0.3, 0.4) is 0 Å². The largest absolute Gasteiger partial charge is 0.372 e. The molecular weight excluding hydrogens is 320 g/mol. The molecule has 2 saturated heterocycles. The molecule has 2 aromatic heterocycles. The SMILES string of the molecule is c1cnc(N2CCCC3(CC2)CN(Cc2cccs2)CCO3)nc1. The Bertz CT molecular complexity index is 636. The van der Waals surface area contributed by atoms with Crippen LogP contribution in [0.15, 0.2) is 36.0 Å². The van der Waals surface area contributed by atoms with Crippen LogP contribution in [0.2, 0.25) is 0 Å². The van der Waals surface area contributed by atoms with Gasteiger partial charge >= 0.3 is 0 Å². The van der Waals surface area contributed by atoms with Crippen molar-refractivity contribution in [3.63, 3.8) is 0 Å². The van der Waals surface area contributed by atoms with Crippen LogP contribution < -0.4 is 4.90 Å². The molecule has 5 nitrogen and oxygen atoms in total. The van der Waals surface area contributed by atoms with Gasteiger partial charge < -0.3 is 9.64 Å². The lowest BCUT2D eigenvalue weighted by atomic mass is 9.92. The van der Waals surface area contributed by atoms with Gasteiger partial charge in [-0.25, -0.2) is 9.97 Å². The average molecular weight is 344 g/mol. The van der Waals surface area contributed by atoms with Gasteiger partial charge in [0.05, 0.1) is 12.2 Å². The maximum absolute atomic E-state index is 6.31. The Morgan fingerprint density at radius 3 is 2.88 bits per heavy atom. The van der Waals surface area contributed by atoms with Gasteiger partial charge in [0.2, 0.25) is 5.95 Å². The Kier molecular flexibility index (Phi) is 4.78. The fourth-order valence-corrected chi connectivity index (χ4v) is 4.55. The fraction of sp³-hybridized carbons (Fsp3) is 0.556. The van der Waals surface area contributed by atoms with Crippen molar-refractivity contribution in [2.45, 2.75) is 31.4 Å². The van der Waals surface area contributed by atoms with Gasteiger partial charge in [-0.1, -0.05) is 6.07 Å². The van der Waals surface area contributed by atoms with E-state index in [1.165, 1.54) is 4.88 Å². The molecule has 0 amide bonds. The molecule has 0 aliphatic carbocycles. The van der Waals surface area contributed by atoms with Gasteiger partial charge in [-0.15, -0.1) is 11.3 Å². The molecule has 0 bridgehead atoms. The molecular formula is C18H24N4OS. The second-order valence-electron chi connectivity index (χ2n) is 6.71. The first kappa shape index (κ1) is 16.0. The predicted molar refractivity (Wildman–Crippen MR) is 96.4 cm³/mol. The summed E-state index contributed by atoms with van der Waals surface area (Å²) in [7, 11) is 0. The van der Waals surface area contributed by atoms with E-state index < -0.39 is 0 Å². The van der Waals surface area contributed by atoms with E-state index >= 15 is 0 Å². The van der Waals surface area contributed by atoms with Crippen LogP contribution in [0.25, 0.3) is 0 Å². The van der Waals surface area contributed by atoms with E-state index in [9.17, 15) is 0 Å². The third kappa shape index (κ3) is 3.61. The van der Waals surface area contributed by atoms with E-state index in [2.05, 4.69) is 37.3 Å². The quantitative estimate of drug-likeness (QED) is 0.856. The number of hydrogen-bond donors (Lipinski definition) is 0. The Hall–Kier alpha value is -1.50. The molecule has 0 radical (unpaired) electrons. The third-order valence-electron chi connectivity index (χ3n) is 5.02. The molecule has 1 spiro atoms. The van der Waals surface area contributed by atoms with Crippen molar-refractivity contribution in [2.75, 3.05) is 37.7 Å². The highest BCUT2D eigenvalue weighted by Crippen LogP contribution is 2.31. The molecule has 4 rings (SSSR count). The lowest BCUT2D eigenvalue weighted by molar-refractivity contribution is -0.116. The summed E-state index contributed by atoms with van der Waals surface area (Å²) in [5, 5.41) is 2.16. The first-order valence-electron chi connectivity index (χ1n) is 8.74. The first-order valence-corrected chi connectivity index (χ1v) is 9.62. The standard InChI is InChI=1S/C18H24N4OS/c1-4-16(24-13-1)14-21-11-12-23-18(15-21)5-2-9-22(10-6-18)17-19-7-3-8-20-17/h1,3-4,7-8,13H,2,5-6,9-12,14-15H2. The monoisotopic (exact) mass is 344 g/mol. The highest BCUT2D eigenvalue weighted by molar-refractivity contribution is 7.09. The molecule has 2 aliphatic heterocycles. The summed E-state index contributed by atoms with van der Waals surface area (Å²) in [5.74, 6) is 0.848.